The number of aliphatic carboxylic acids is 1. The average Bonchev–Trinajstić information content (AvgIpc) is 2.47. The van der Waals surface area contributed by atoms with Gasteiger partial charge < -0.3 is 14.7 Å². The number of hydrogen-bond acceptors (Lipinski definition) is 4. The van der Waals surface area contributed by atoms with Gasteiger partial charge in [-0.05, 0) is 18.8 Å². The molecule has 0 bridgehead atoms. The van der Waals surface area contributed by atoms with Gasteiger partial charge >= 0.3 is 11.9 Å². The summed E-state index contributed by atoms with van der Waals surface area (Å²) in [5, 5.41) is 8.57. The first-order valence-corrected chi connectivity index (χ1v) is 7.50. The van der Waals surface area contributed by atoms with Crippen LogP contribution >= 0.6 is 0 Å². The van der Waals surface area contributed by atoms with E-state index in [-0.39, 0.29) is 25.3 Å². The summed E-state index contributed by atoms with van der Waals surface area (Å²) < 4.78 is 4.63. The van der Waals surface area contributed by atoms with E-state index >= 15 is 0 Å². The van der Waals surface area contributed by atoms with Crippen molar-refractivity contribution in [1.82, 2.24) is 4.90 Å². The maximum atomic E-state index is 12.2. The number of unbranched alkanes of at least 4 members (excludes halogenated alkanes) is 1. The van der Waals surface area contributed by atoms with Crippen LogP contribution in [-0.2, 0) is 19.1 Å². The predicted octanol–water partition coefficient (Wildman–Crippen LogP) is 2.07. The van der Waals surface area contributed by atoms with Gasteiger partial charge in [0.15, 0.2) is 0 Å². The molecule has 1 N–H and O–H groups in total. The van der Waals surface area contributed by atoms with Gasteiger partial charge in [0.05, 0.1) is 7.11 Å². The van der Waals surface area contributed by atoms with E-state index in [0.29, 0.717) is 25.3 Å². The largest absolute Gasteiger partial charge is 0.481 e. The minimum absolute atomic E-state index is 0.0369. The lowest BCUT2D eigenvalue weighted by Gasteiger charge is -2.25. The van der Waals surface area contributed by atoms with E-state index in [2.05, 4.69) is 18.6 Å². The molecule has 0 atom stereocenters. The molecule has 0 fully saturated rings. The van der Waals surface area contributed by atoms with Gasteiger partial charge in [0.1, 0.15) is 6.54 Å². The lowest BCUT2D eigenvalue weighted by Crippen LogP contribution is -2.39. The predicted molar refractivity (Wildman–Crippen MR) is 78.8 cm³/mol. The van der Waals surface area contributed by atoms with Gasteiger partial charge in [-0.25, -0.2) is 0 Å². The topological polar surface area (TPSA) is 83.9 Å². The fourth-order valence-electron chi connectivity index (χ4n) is 2.04. The van der Waals surface area contributed by atoms with E-state index in [9.17, 15) is 14.4 Å². The lowest BCUT2D eigenvalue weighted by atomic mass is 10.0. The highest BCUT2D eigenvalue weighted by Gasteiger charge is 2.20. The van der Waals surface area contributed by atoms with Crippen molar-refractivity contribution in [2.24, 2.45) is 5.92 Å². The number of esters is 1. The summed E-state index contributed by atoms with van der Waals surface area (Å²) in [6.45, 7) is 4.62. The molecule has 0 saturated carbocycles. The number of amides is 1. The zero-order valence-corrected chi connectivity index (χ0v) is 13.3. The molecule has 0 spiro atoms. The molecule has 0 heterocycles. The maximum absolute atomic E-state index is 12.2. The van der Waals surface area contributed by atoms with Crippen LogP contribution in [0.3, 0.4) is 0 Å². The monoisotopic (exact) mass is 301 g/mol. The number of methoxy groups -OCH3 is 1. The van der Waals surface area contributed by atoms with Crippen molar-refractivity contribution < 1.29 is 24.2 Å². The Morgan fingerprint density at radius 2 is 1.67 bits per heavy atom. The number of carbonyl (C=O) groups excluding carboxylic acids is 2. The molecular formula is C15H27NO5. The first kappa shape index (κ1) is 19.4. The van der Waals surface area contributed by atoms with Crippen LogP contribution in [0.1, 0.15) is 52.4 Å². The first-order valence-electron chi connectivity index (χ1n) is 7.50. The van der Waals surface area contributed by atoms with Crippen LogP contribution < -0.4 is 0 Å². The molecule has 122 valence electrons. The average molecular weight is 301 g/mol. The van der Waals surface area contributed by atoms with E-state index in [1.165, 1.54) is 12.0 Å². The molecule has 0 radical (unpaired) electrons. The second-order valence-electron chi connectivity index (χ2n) is 5.13. The van der Waals surface area contributed by atoms with Crippen molar-refractivity contribution in [3.8, 4) is 0 Å². The van der Waals surface area contributed by atoms with Gasteiger partial charge in [-0.1, -0.05) is 26.7 Å². The van der Waals surface area contributed by atoms with E-state index in [1.807, 2.05) is 0 Å². The van der Waals surface area contributed by atoms with Gasteiger partial charge in [-0.3, -0.25) is 14.4 Å². The number of hydrogen-bond donors (Lipinski definition) is 1. The van der Waals surface area contributed by atoms with Crippen LogP contribution in [-0.4, -0.2) is 48.1 Å². The van der Waals surface area contributed by atoms with Gasteiger partial charge in [0, 0.05) is 19.4 Å². The number of ether oxygens (including phenoxy) is 1. The second-order valence-corrected chi connectivity index (χ2v) is 5.13. The van der Waals surface area contributed by atoms with Crippen LogP contribution in [0, 0.1) is 5.92 Å². The molecule has 0 aromatic carbocycles. The van der Waals surface area contributed by atoms with E-state index in [4.69, 9.17) is 5.11 Å². The molecule has 0 rings (SSSR count). The highest BCUT2D eigenvalue weighted by Crippen LogP contribution is 2.12. The summed E-state index contributed by atoms with van der Waals surface area (Å²) >= 11 is 0. The molecule has 0 aliphatic carbocycles. The summed E-state index contributed by atoms with van der Waals surface area (Å²) in [5.74, 6) is -1.04. The molecule has 6 nitrogen and oxygen atoms in total. The second kappa shape index (κ2) is 11.1. The van der Waals surface area contributed by atoms with Gasteiger partial charge in [0.2, 0.25) is 5.91 Å². The molecular weight excluding hydrogens is 274 g/mol. The van der Waals surface area contributed by atoms with Crippen molar-refractivity contribution in [2.75, 3.05) is 20.2 Å². The highest BCUT2D eigenvalue weighted by molar-refractivity contribution is 5.82. The minimum Gasteiger partial charge on any atom is -0.481 e. The van der Waals surface area contributed by atoms with E-state index in [1.54, 1.807) is 0 Å². The summed E-state index contributed by atoms with van der Waals surface area (Å²) in [6.07, 6.45) is 3.21. The fraction of sp³-hybridized carbons (Fsp3) is 0.800. The molecule has 0 aliphatic rings. The smallest absolute Gasteiger partial charge is 0.325 e. The van der Waals surface area contributed by atoms with Crippen LogP contribution in [0.2, 0.25) is 0 Å². The molecule has 0 unspecified atom stereocenters. The quantitative estimate of drug-likeness (QED) is 0.466. The SMILES string of the molecule is CCC(CC)CN(CC(=O)OC)C(=O)CCCCC(=O)O. The third kappa shape index (κ3) is 9.05. The van der Waals surface area contributed by atoms with Crippen LogP contribution in [0.5, 0.6) is 0 Å². The van der Waals surface area contributed by atoms with E-state index in [0.717, 1.165) is 12.8 Å². The van der Waals surface area contributed by atoms with Gasteiger partial charge in [0.25, 0.3) is 0 Å². The van der Waals surface area contributed by atoms with Crippen LogP contribution in [0.15, 0.2) is 0 Å². The standard InChI is InChI=1S/C15H27NO5/c1-4-12(5-2)10-16(11-15(20)21-3)13(17)8-6-7-9-14(18)19/h12H,4-11H2,1-3H3,(H,18,19). The Labute approximate surface area is 126 Å². The zero-order chi connectivity index (χ0) is 16.3. The molecule has 21 heavy (non-hydrogen) atoms. The Bertz CT molecular complexity index is 339. The Morgan fingerprint density at radius 1 is 1.10 bits per heavy atom. The Kier molecular flexibility index (Phi) is 10.3. The van der Waals surface area contributed by atoms with Crippen LogP contribution in [0.4, 0.5) is 0 Å². The number of carboxylic acid groups (broad SMARTS) is 1. The number of nitrogens with zero attached hydrogens (tertiary/aromatic N) is 1. The Morgan fingerprint density at radius 3 is 2.14 bits per heavy atom. The van der Waals surface area contributed by atoms with Crippen molar-refractivity contribution in [3.63, 3.8) is 0 Å². The molecule has 1 amide bonds. The summed E-state index contributed by atoms with van der Waals surface area (Å²) in [6, 6.07) is 0. The summed E-state index contributed by atoms with van der Waals surface area (Å²) in [4.78, 5) is 35.5. The highest BCUT2D eigenvalue weighted by atomic mass is 16.5. The lowest BCUT2D eigenvalue weighted by molar-refractivity contribution is -0.147. The van der Waals surface area contributed by atoms with Crippen molar-refractivity contribution in [1.29, 1.82) is 0 Å². The first-order chi connectivity index (χ1) is 9.94. The molecule has 6 heteroatoms. The third-order valence-corrected chi connectivity index (χ3v) is 3.56. The third-order valence-electron chi connectivity index (χ3n) is 3.56. The van der Waals surface area contributed by atoms with Crippen molar-refractivity contribution in [3.05, 3.63) is 0 Å². The number of carbonyl (C=O) groups is 3. The van der Waals surface area contributed by atoms with Crippen LogP contribution in [0.25, 0.3) is 0 Å². The number of rotatable bonds is 11. The Balaban J connectivity index is 4.44. The number of carboxylic acids is 1. The summed E-state index contributed by atoms with van der Waals surface area (Å²) in [7, 11) is 1.30. The molecule has 0 saturated heterocycles. The molecule has 0 aliphatic heterocycles. The van der Waals surface area contributed by atoms with E-state index < -0.39 is 11.9 Å². The van der Waals surface area contributed by atoms with Gasteiger partial charge in [-0.15, -0.1) is 0 Å². The zero-order valence-electron chi connectivity index (χ0n) is 13.3. The summed E-state index contributed by atoms with van der Waals surface area (Å²) in [5.41, 5.74) is 0. The molecule has 0 aromatic rings. The maximum Gasteiger partial charge on any atom is 0.325 e. The Hall–Kier alpha value is -1.59. The minimum atomic E-state index is -0.856. The van der Waals surface area contributed by atoms with Crippen molar-refractivity contribution >= 4 is 17.8 Å². The molecule has 0 aromatic heterocycles. The fourth-order valence-corrected chi connectivity index (χ4v) is 2.04. The normalized spacial score (nSPS) is 10.5. The van der Waals surface area contributed by atoms with Gasteiger partial charge in [-0.2, -0.15) is 0 Å². The van der Waals surface area contributed by atoms with Crippen molar-refractivity contribution in [2.45, 2.75) is 52.4 Å².